The first-order valence-corrected chi connectivity index (χ1v) is 13.8. The highest BCUT2D eigenvalue weighted by atomic mass is 32.2. The van der Waals surface area contributed by atoms with Gasteiger partial charge < -0.3 is 5.32 Å². The van der Waals surface area contributed by atoms with Crippen molar-refractivity contribution in [1.29, 1.82) is 0 Å². The van der Waals surface area contributed by atoms with Crippen molar-refractivity contribution in [3.63, 3.8) is 0 Å². The molecular formula is C22H29N3O5S2. The Morgan fingerprint density at radius 1 is 1.03 bits per heavy atom. The summed E-state index contributed by atoms with van der Waals surface area (Å²) in [6.45, 7) is 3.14. The van der Waals surface area contributed by atoms with Gasteiger partial charge in [-0.3, -0.25) is 9.10 Å². The number of nitrogens with zero attached hydrogens (tertiary/aromatic N) is 2. The molecule has 32 heavy (non-hydrogen) atoms. The lowest BCUT2D eigenvalue weighted by molar-refractivity contribution is -0.116. The SMILES string of the molecule is Cc1cccc(N(CCCC(=O)Nc2ccc(S(=O)(=O)N3CCCC3)cc2)S(C)(=O)=O)c1. The summed E-state index contributed by atoms with van der Waals surface area (Å²) in [6.07, 6.45) is 3.36. The molecule has 3 rings (SSSR count). The minimum Gasteiger partial charge on any atom is -0.326 e. The molecule has 1 saturated heterocycles. The van der Waals surface area contributed by atoms with Crippen LogP contribution >= 0.6 is 0 Å². The van der Waals surface area contributed by atoms with Crippen molar-refractivity contribution in [3.8, 4) is 0 Å². The third-order valence-corrected chi connectivity index (χ3v) is 8.40. The van der Waals surface area contributed by atoms with Gasteiger partial charge in [0.05, 0.1) is 16.8 Å². The summed E-state index contributed by atoms with van der Waals surface area (Å²) in [4.78, 5) is 12.5. The zero-order chi connectivity index (χ0) is 23.4. The molecule has 1 fully saturated rings. The summed E-state index contributed by atoms with van der Waals surface area (Å²) in [5, 5.41) is 2.74. The first-order chi connectivity index (χ1) is 15.1. The molecule has 0 radical (unpaired) electrons. The molecular weight excluding hydrogens is 450 g/mol. The zero-order valence-electron chi connectivity index (χ0n) is 18.3. The van der Waals surface area contributed by atoms with Crippen LogP contribution in [0, 0.1) is 6.92 Å². The molecule has 0 aliphatic carbocycles. The van der Waals surface area contributed by atoms with Crippen LogP contribution < -0.4 is 9.62 Å². The van der Waals surface area contributed by atoms with Crippen molar-refractivity contribution in [2.24, 2.45) is 0 Å². The third-order valence-electron chi connectivity index (χ3n) is 5.30. The molecule has 174 valence electrons. The number of hydrogen-bond donors (Lipinski definition) is 1. The number of anilines is 2. The number of amides is 1. The van der Waals surface area contributed by atoms with Crippen LogP contribution in [0.5, 0.6) is 0 Å². The van der Waals surface area contributed by atoms with Gasteiger partial charge in [0.1, 0.15) is 0 Å². The van der Waals surface area contributed by atoms with Gasteiger partial charge in [0.2, 0.25) is 26.0 Å². The maximum atomic E-state index is 12.6. The number of nitrogens with one attached hydrogen (secondary N) is 1. The Hall–Kier alpha value is -2.43. The first-order valence-electron chi connectivity index (χ1n) is 10.5. The average molecular weight is 480 g/mol. The summed E-state index contributed by atoms with van der Waals surface area (Å²) in [5.74, 6) is -0.266. The summed E-state index contributed by atoms with van der Waals surface area (Å²) >= 11 is 0. The van der Waals surface area contributed by atoms with Gasteiger partial charge in [-0.1, -0.05) is 12.1 Å². The van der Waals surface area contributed by atoms with Gasteiger partial charge >= 0.3 is 0 Å². The molecule has 0 atom stereocenters. The first kappa shape index (κ1) is 24.2. The lowest BCUT2D eigenvalue weighted by Crippen LogP contribution is -2.31. The van der Waals surface area contributed by atoms with Crippen molar-refractivity contribution >= 4 is 37.3 Å². The highest BCUT2D eigenvalue weighted by Crippen LogP contribution is 2.23. The number of rotatable bonds is 9. The Bertz CT molecular complexity index is 1160. The number of carbonyl (C=O) groups excluding carboxylic acids is 1. The fourth-order valence-electron chi connectivity index (χ4n) is 3.66. The number of benzene rings is 2. The molecule has 0 unspecified atom stereocenters. The van der Waals surface area contributed by atoms with E-state index in [-0.39, 0.29) is 23.8 Å². The zero-order valence-corrected chi connectivity index (χ0v) is 20.0. The van der Waals surface area contributed by atoms with E-state index in [1.54, 1.807) is 30.3 Å². The van der Waals surface area contributed by atoms with E-state index < -0.39 is 20.0 Å². The molecule has 10 heteroatoms. The molecule has 0 aromatic heterocycles. The van der Waals surface area contributed by atoms with Gasteiger partial charge in [0, 0.05) is 31.7 Å². The fourth-order valence-corrected chi connectivity index (χ4v) is 6.14. The normalized spacial score (nSPS) is 14.9. The number of carbonyl (C=O) groups is 1. The Balaban J connectivity index is 1.56. The summed E-state index contributed by atoms with van der Waals surface area (Å²) in [7, 11) is -6.97. The monoisotopic (exact) mass is 479 g/mol. The second-order valence-electron chi connectivity index (χ2n) is 7.96. The largest absolute Gasteiger partial charge is 0.326 e. The van der Waals surface area contributed by atoms with Crippen molar-refractivity contribution in [2.45, 2.75) is 37.5 Å². The van der Waals surface area contributed by atoms with E-state index in [0.29, 0.717) is 30.9 Å². The highest BCUT2D eigenvalue weighted by molar-refractivity contribution is 7.92. The summed E-state index contributed by atoms with van der Waals surface area (Å²) in [5.41, 5.74) is 2.01. The molecule has 1 aliphatic rings. The van der Waals surface area contributed by atoms with E-state index in [1.165, 1.54) is 20.7 Å². The van der Waals surface area contributed by atoms with E-state index in [0.717, 1.165) is 24.7 Å². The van der Waals surface area contributed by atoms with Crippen molar-refractivity contribution in [2.75, 3.05) is 35.5 Å². The van der Waals surface area contributed by atoms with Gasteiger partial charge in [-0.15, -0.1) is 0 Å². The van der Waals surface area contributed by atoms with E-state index in [1.807, 2.05) is 13.0 Å². The van der Waals surface area contributed by atoms with Crippen LogP contribution in [0.3, 0.4) is 0 Å². The minimum absolute atomic E-state index is 0.131. The molecule has 0 saturated carbocycles. The van der Waals surface area contributed by atoms with Gasteiger partial charge in [-0.25, -0.2) is 16.8 Å². The molecule has 2 aromatic rings. The number of hydrogen-bond acceptors (Lipinski definition) is 5. The maximum Gasteiger partial charge on any atom is 0.243 e. The van der Waals surface area contributed by atoms with Crippen molar-refractivity contribution < 1.29 is 21.6 Å². The van der Waals surface area contributed by atoms with Gasteiger partial charge in [-0.05, 0) is 68.1 Å². The molecule has 0 bridgehead atoms. The molecule has 1 heterocycles. The predicted octanol–water partition coefficient (Wildman–Crippen LogP) is 2.96. The quantitative estimate of drug-likeness (QED) is 0.596. The molecule has 0 spiro atoms. The maximum absolute atomic E-state index is 12.6. The molecule has 1 N–H and O–H groups in total. The standard InChI is InChI=1S/C22H29N3O5S2/c1-18-7-5-8-20(17-18)25(31(2,27)28)16-6-9-22(26)23-19-10-12-21(13-11-19)32(29,30)24-14-3-4-15-24/h5,7-8,10-13,17H,3-4,6,9,14-16H2,1-2H3,(H,23,26). The van der Waals surface area contributed by atoms with Crippen LogP contribution in [-0.2, 0) is 24.8 Å². The van der Waals surface area contributed by atoms with Crippen LogP contribution in [0.25, 0.3) is 0 Å². The van der Waals surface area contributed by atoms with Gasteiger partial charge in [-0.2, -0.15) is 4.31 Å². The van der Waals surface area contributed by atoms with E-state index in [9.17, 15) is 21.6 Å². The van der Waals surface area contributed by atoms with Crippen molar-refractivity contribution in [1.82, 2.24) is 4.31 Å². The van der Waals surface area contributed by atoms with E-state index in [4.69, 9.17) is 0 Å². The predicted molar refractivity (Wildman–Crippen MR) is 126 cm³/mol. The lowest BCUT2D eigenvalue weighted by Gasteiger charge is -2.22. The Morgan fingerprint density at radius 3 is 2.28 bits per heavy atom. The second-order valence-corrected chi connectivity index (χ2v) is 11.8. The van der Waals surface area contributed by atoms with Gasteiger partial charge in [0.25, 0.3) is 0 Å². The van der Waals surface area contributed by atoms with Crippen LogP contribution in [0.2, 0.25) is 0 Å². The van der Waals surface area contributed by atoms with Crippen LogP contribution in [0.1, 0.15) is 31.2 Å². The smallest absolute Gasteiger partial charge is 0.243 e. The number of sulfonamides is 2. The average Bonchev–Trinajstić information content (AvgIpc) is 3.26. The number of aryl methyl sites for hydroxylation is 1. The Labute approximate surface area is 190 Å². The minimum atomic E-state index is -3.49. The van der Waals surface area contributed by atoms with Crippen LogP contribution in [0.15, 0.2) is 53.4 Å². The van der Waals surface area contributed by atoms with Gasteiger partial charge in [0.15, 0.2) is 0 Å². The van der Waals surface area contributed by atoms with E-state index in [2.05, 4.69) is 5.32 Å². The highest BCUT2D eigenvalue weighted by Gasteiger charge is 2.27. The molecule has 2 aromatic carbocycles. The molecule has 1 amide bonds. The summed E-state index contributed by atoms with van der Waals surface area (Å²) in [6, 6.07) is 13.3. The van der Waals surface area contributed by atoms with Crippen molar-refractivity contribution in [3.05, 3.63) is 54.1 Å². The lowest BCUT2D eigenvalue weighted by atomic mass is 10.2. The third kappa shape index (κ3) is 6.08. The second kappa shape index (κ2) is 10.0. The molecule has 1 aliphatic heterocycles. The Kier molecular flexibility index (Phi) is 7.58. The van der Waals surface area contributed by atoms with Crippen LogP contribution in [0.4, 0.5) is 11.4 Å². The van der Waals surface area contributed by atoms with Crippen LogP contribution in [-0.4, -0.2) is 52.9 Å². The van der Waals surface area contributed by atoms with E-state index >= 15 is 0 Å². The fraction of sp³-hybridized carbons (Fsp3) is 0.409. The molecule has 8 nitrogen and oxygen atoms in total. The Morgan fingerprint density at radius 2 is 1.69 bits per heavy atom. The summed E-state index contributed by atoms with van der Waals surface area (Å²) < 4.78 is 52.3. The topological polar surface area (TPSA) is 104 Å².